The minimum atomic E-state index is -1.15. The van der Waals surface area contributed by atoms with Crippen LogP contribution < -0.4 is 0 Å². The normalized spacial score (nSPS) is 57.6. The van der Waals surface area contributed by atoms with Crippen molar-refractivity contribution in [2.45, 2.75) is 38.7 Å². The van der Waals surface area contributed by atoms with Gasteiger partial charge < -0.3 is 5.11 Å². The van der Waals surface area contributed by atoms with Crippen LogP contribution in [0.15, 0.2) is 0 Å². The molecule has 48 valence electrons. The van der Waals surface area contributed by atoms with Crippen LogP contribution in [0.2, 0.25) is 0 Å². The molecule has 0 radical (unpaired) electrons. The van der Waals surface area contributed by atoms with E-state index < -0.39 is 12.0 Å². The second kappa shape index (κ2) is 1.73. The molecule has 0 aliphatic heterocycles. The van der Waals surface area contributed by atoms with E-state index in [1.54, 1.807) is 6.92 Å². The third-order valence-corrected chi connectivity index (χ3v) is 2.00. The van der Waals surface area contributed by atoms with Crippen LogP contribution in [0.1, 0.15) is 35.8 Å². The van der Waals surface area contributed by atoms with E-state index in [-0.39, 0.29) is 12.3 Å². The molecule has 0 aromatic carbocycles. The van der Waals surface area contributed by atoms with Crippen LogP contribution in [-0.4, -0.2) is 10.7 Å². The molecular formula is C7H14O. The minimum absolute atomic E-state index is 0.0856. The van der Waals surface area contributed by atoms with Crippen molar-refractivity contribution in [3.63, 3.8) is 0 Å². The summed E-state index contributed by atoms with van der Waals surface area (Å²) in [6.07, 6.45) is -0.385. The Kier molecular flexibility index (Phi) is 0.840. The lowest BCUT2D eigenvalue weighted by molar-refractivity contribution is 0.0284. The van der Waals surface area contributed by atoms with Crippen LogP contribution in [0.25, 0.3) is 0 Å². The third-order valence-electron chi connectivity index (χ3n) is 2.00. The summed E-state index contributed by atoms with van der Waals surface area (Å²) < 4.78 is 14.8. The van der Waals surface area contributed by atoms with Gasteiger partial charge in [-0.25, -0.2) is 0 Å². The molecule has 0 heterocycles. The van der Waals surface area contributed by atoms with E-state index in [4.69, 9.17) is 2.74 Å². The van der Waals surface area contributed by atoms with Crippen LogP contribution in [0.5, 0.6) is 0 Å². The molecule has 1 saturated carbocycles. The van der Waals surface area contributed by atoms with Gasteiger partial charge in [-0.05, 0) is 25.7 Å². The predicted molar refractivity (Wildman–Crippen MR) is 33.6 cm³/mol. The van der Waals surface area contributed by atoms with E-state index in [2.05, 4.69) is 0 Å². The van der Waals surface area contributed by atoms with Crippen molar-refractivity contribution in [3.05, 3.63) is 0 Å². The van der Waals surface area contributed by atoms with Gasteiger partial charge in [0.1, 0.15) is 0 Å². The van der Waals surface area contributed by atoms with Crippen molar-refractivity contribution >= 4 is 0 Å². The molecule has 1 rings (SSSR count). The molecule has 0 spiro atoms. The number of hydrogen-bond donors (Lipinski definition) is 1. The quantitative estimate of drug-likeness (QED) is 0.509. The van der Waals surface area contributed by atoms with Crippen molar-refractivity contribution in [1.29, 1.82) is 0 Å². The summed E-state index contributed by atoms with van der Waals surface area (Å²) >= 11 is 0. The molecule has 1 nitrogen and oxygen atoms in total. The molecule has 0 amide bonds. The van der Waals surface area contributed by atoms with Gasteiger partial charge in [-0.3, -0.25) is 0 Å². The predicted octanol–water partition coefficient (Wildman–Crippen LogP) is 1.56. The zero-order chi connectivity index (χ0) is 7.99. The van der Waals surface area contributed by atoms with Gasteiger partial charge >= 0.3 is 0 Å². The highest BCUT2D eigenvalue weighted by molar-refractivity contribution is 4.84. The van der Waals surface area contributed by atoms with E-state index >= 15 is 0 Å². The van der Waals surface area contributed by atoms with Gasteiger partial charge in [0.2, 0.25) is 0 Å². The Morgan fingerprint density at radius 1 is 1.88 bits per heavy atom. The van der Waals surface area contributed by atoms with Gasteiger partial charge in [0.25, 0.3) is 0 Å². The van der Waals surface area contributed by atoms with E-state index in [1.165, 1.54) is 0 Å². The zero-order valence-corrected chi connectivity index (χ0v) is 5.44. The highest BCUT2D eigenvalue weighted by atomic mass is 16.3. The Balaban J connectivity index is 2.71. The number of aliphatic hydroxyl groups is 1. The van der Waals surface area contributed by atoms with Crippen LogP contribution in [0.4, 0.5) is 0 Å². The highest BCUT2D eigenvalue weighted by Gasteiger charge is 2.32. The fraction of sp³-hybridized carbons (Fsp3) is 1.00. The average Bonchev–Trinajstić information content (AvgIpc) is 1.73. The van der Waals surface area contributed by atoms with E-state index in [0.29, 0.717) is 6.42 Å². The van der Waals surface area contributed by atoms with Crippen molar-refractivity contribution in [2.24, 2.45) is 5.92 Å². The molecule has 1 N–H and O–H groups in total. The highest BCUT2D eigenvalue weighted by Crippen LogP contribution is 2.34. The number of hydrogen-bond acceptors (Lipinski definition) is 1. The monoisotopic (exact) mass is 116 g/mol. The van der Waals surface area contributed by atoms with Crippen LogP contribution >= 0.6 is 0 Å². The Morgan fingerprint density at radius 3 is 2.62 bits per heavy atom. The van der Waals surface area contributed by atoms with Gasteiger partial charge in [0, 0.05) is 2.74 Å². The molecule has 2 unspecified atom stereocenters. The largest absolute Gasteiger partial charge is 0.390 e. The average molecular weight is 116 g/mol. The maximum absolute atomic E-state index is 9.56. The molecule has 8 heavy (non-hydrogen) atoms. The van der Waals surface area contributed by atoms with Gasteiger partial charge in [-0.2, -0.15) is 0 Å². The summed E-state index contributed by atoms with van der Waals surface area (Å²) in [5.41, 5.74) is -0.788. The molecule has 0 aromatic rings. The molecule has 2 atom stereocenters. The maximum Gasteiger partial charge on any atom is 0.0645 e. The van der Waals surface area contributed by atoms with Gasteiger partial charge in [0.15, 0.2) is 0 Å². The van der Waals surface area contributed by atoms with Crippen LogP contribution in [-0.2, 0) is 0 Å². The standard InChI is InChI=1S/C7H14O/c1-6-4-3-5-7(6,2)8/h6,8H,3-5H2,1-2H3/i3D2. The summed E-state index contributed by atoms with van der Waals surface area (Å²) in [5, 5.41) is 9.56. The Labute approximate surface area is 53.5 Å². The van der Waals surface area contributed by atoms with Crippen LogP contribution in [0, 0.1) is 5.92 Å². The Bertz CT molecular complexity index is 143. The van der Waals surface area contributed by atoms with Gasteiger partial charge in [-0.15, -0.1) is 0 Å². The van der Waals surface area contributed by atoms with Crippen molar-refractivity contribution < 1.29 is 7.85 Å². The first-order chi connectivity index (χ1) is 4.33. The number of rotatable bonds is 0. The Morgan fingerprint density at radius 2 is 2.50 bits per heavy atom. The second-order valence-corrected chi connectivity index (χ2v) is 2.89. The molecule has 0 saturated heterocycles. The fourth-order valence-corrected chi connectivity index (χ4v) is 0.936. The summed E-state index contributed by atoms with van der Waals surface area (Å²) in [7, 11) is 0. The van der Waals surface area contributed by atoms with Crippen molar-refractivity contribution in [1.82, 2.24) is 0 Å². The SMILES string of the molecule is [2H]C1([2H])CC(C)C(C)(O)C1. The van der Waals surface area contributed by atoms with Gasteiger partial charge in [0.05, 0.1) is 5.60 Å². The first-order valence-electron chi connectivity index (χ1n) is 4.06. The van der Waals surface area contributed by atoms with Crippen molar-refractivity contribution in [2.75, 3.05) is 0 Å². The van der Waals surface area contributed by atoms with E-state index in [1.807, 2.05) is 6.92 Å². The molecule has 1 fully saturated rings. The topological polar surface area (TPSA) is 20.2 Å². The third kappa shape index (κ3) is 0.873. The van der Waals surface area contributed by atoms with E-state index in [0.717, 1.165) is 0 Å². The molecule has 0 aromatic heterocycles. The lowest BCUT2D eigenvalue weighted by Crippen LogP contribution is -2.26. The summed E-state index contributed by atoms with van der Waals surface area (Å²) in [6, 6.07) is 0. The second-order valence-electron chi connectivity index (χ2n) is 2.89. The smallest absolute Gasteiger partial charge is 0.0645 e. The summed E-state index contributed by atoms with van der Waals surface area (Å²) in [4.78, 5) is 0. The minimum Gasteiger partial charge on any atom is -0.390 e. The first-order valence-corrected chi connectivity index (χ1v) is 3.06. The molecule has 1 aliphatic rings. The molecular weight excluding hydrogens is 100 g/mol. The molecule has 1 heteroatoms. The van der Waals surface area contributed by atoms with E-state index in [9.17, 15) is 5.11 Å². The molecule has 1 aliphatic carbocycles. The summed E-state index contributed by atoms with van der Waals surface area (Å²) in [6.45, 7) is 3.60. The first kappa shape index (κ1) is 3.89. The zero-order valence-electron chi connectivity index (χ0n) is 7.44. The summed E-state index contributed by atoms with van der Waals surface area (Å²) in [5.74, 6) is 0.0856. The Hall–Kier alpha value is -0.0400. The lowest BCUT2D eigenvalue weighted by Gasteiger charge is -2.20. The van der Waals surface area contributed by atoms with Crippen molar-refractivity contribution in [3.8, 4) is 0 Å². The fourth-order valence-electron chi connectivity index (χ4n) is 0.936. The van der Waals surface area contributed by atoms with Crippen LogP contribution in [0.3, 0.4) is 0 Å². The van der Waals surface area contributed by atoms with Gasteiger partial charge in [-0.1, -0.05) is 13.3 Å². The maximum atomic E-state index is 9.56. The molecule has 0 bridgehead atoms. The lowest BCUT2D eigenvalue weighted by atomic mass is 9.95.